The second-order valence-electron chi connectivity index (χ2n) is 4.89. The van der Waals surface area contributed by atoms with Crippen molar-refractivity contribution in [2.24, 2.45) is 5.41 Å². The van der Waals surface area contributed by atoms with Crippen molar-refractivity contribution in [2.75, 3.05) is 13.6 Å². The van der Waals surface area contributed by atoms with E-state index >= 15 is 0 Å². The van der Waals surface area contributed by atoms with E-state index in [0.717, 1.165) is 5.56 Å². The lowest BCUT2D eigenvalue weighted by Gasteiger charge is -2.23. The third-order valence-electron chi connectivity index (χ3n) is 2.78. The van der Waals surface area contributed by atoms with Gasteiger partial charge in [-0.15, -0.1) is 0 Å². The predicted octanol–water partition coefficient (Wildman–Crippen LogP) is 0.960. The van der Waals surface area contributed by atoms with Crippen LogP contribution < -0.4 is 10.6 Å². The zero-order valence-electron chi connectivity index (χ0n) is 10.9. The summed E-state index contributed by atoms with van der Waals surface area (Å²) in [5.41, 5.74) is 0.353. The maximum absolute atomic E-state index is 11.6. The first-order valence-electron chi connectivity index (χ1n) is 5.80. The van der Waals surface area contributed by atoms with Crippen molar-refractivity contribution >= 4 is 5.91 Å². The second-order valence-corrected chi connectivity index (χ2v) is 4.89. The van der Waals surface area contributed by atoms with Crippen molar-refractivity contribution in [3.05, 3.63) is 23.8 Å². The number of nitrogens with one attached hydrogen (secondary N) is 2. The summed E-state index contributed by atoms with van der Waals surface area (Å²) < 4.78 is 0. The number of rotatable bonds is 5. The van der Waals surface area contributed by atoms with Crippen molar-refractivity contribution in [3.8, 4) is 11.5 Å². The highest BCUT2D eigenvalue weighted by Gasteiger charge is 2.25. The summed E-state index contributed by atoms with van der Waals surface area (Å²) in [6.07, 6.45) is 0. The van der Waals surface area contributed by atoms with Crippen LogP contribution in [0.25, 0.3) is 0 Å². The zero-order chi connectivity index (χ0) is 13.8. The van der Waals surface area contributed by atoms with Gasteiger partial charge < -0.3 is 20.8 Å². The molecule has 1 aromatic rings. The Kier molecular flexibility index (Phi) is 4.55. The van der Waals surface area contributed by atoms with E-state index in [4.69, 9.17) is 0 Å². The largest absolute Gasteiger partial charge is 0.504 e. The van der Waals surface area contributed by atoms with Gasteiger partial charge in [-0.1, -0.05) is 6.07 Å². The van der Waals surface area contributed by atoms with Crippen LogP contribution in [0, 0.1) is 5.41 Å². The monoisotopic (exact) mass is 252 g/mol. The number of benzene rings is 1. The number of carbonyl (C=O) groups is 1. The molecule has 1 aromatic carbocycles. The van der Waals surface area contributed by atoms with E-state index in [2.05, 4.69) is 10.6 Å². The Morgan fingerprint density at radius 1 is 1.28 bits per heavy atom. The molecule has 0 aliphatic rings. The first kappa shape index (κ1) is 14.3. The van der Waals surface area contributed by atoms with E-state index < -0.39 is 5.41 Å². The van der Waals surface area contributed by atoms with Crippen molar-refractivity contribution in [1.29, 1.82) is 0 Å². The molecule has 0 heterocycles. The standard InChI is InChI=1S/C13H20N2O3/c1-13(2,12(18)14-3)8-15-7-9-4-5-10(16)11(17)6-9/h4-6,15-17H,7-8H2,1-3H3,(H,14,18). The lowest BCUT2D eigenvalue weighted by atomic mass is 9.92. The molecule has 100 valence electrons. The molecule has 0 atom stereocenters. The van der Waals surface area contributed by atoms with E-state index in [-0.39, 0.29) is 17.4 Å². The lowest BCUT2D eigenvalue weighted by molar-refractivity contribution is -0.128. The molecule has 0 bridgehead atoms. The number of aromatic hydroxyl groups is 2. The average molecular weight is 252 g/mol. The van der Waals surface area contributed by atoms with Crippen LogP contribution in [-0.2, 0) is 11.3 Å². The van der Waals surface area contributed by atoms with Gasteiger partial charge in [0.25, 0.3) is 0 Å². The lowest BCUT2D eigenvalue weighted by Crippen LogP contribution is -2.41. The van der Waals surface area contributed by atoms with Crippen molar-refractivity contribution < 1.29 is 15.0 Å². The van der Waals surface area contributed by atoms with Gasteiger partial charge in [-0.05, 0) is 31.5 Å². The van der Waals surface area contributed by atoms with Crippen molar-refractivity contribution in [3.63, 3.8) is 0 Å². The summed E-state index contributed by atoms with van der Waals surface area (Å²) in [6, 6.07) is 4.65. The van der Waals surface area contributed by atoms with Crippen molar-refractivity contribution in [1.82, 2.24) is 10.6 Å². The van der Waals surface area contributed by atoms with Gasteiger partial charge in [0.15, 0.2) is 11.5 Å². The van der Waals surface area contributed by atoms with Gasteiger partial charge in [0, 0.05) is 20.1 Å². The van der Waals surface area contributed by atoms with Gasteiger partial charge in [-0.25, -0.2) is 0 Å². The predicted molar refractivity (Wildman–Crippen MR) is 69.3 cm³/mol. The fraction of sp³-hybridized carbons (Fsp3) is 0.462. The Labute approximate surface area is 107 Å². The number of hydrogen-bond donors (Lipinski definition) is 4. The number of carbonyl (C=O) groups excluding carboxylic acids is 1. The highest BCUT2D eigenvalue weighted by Crippen LogP contribution is 2.24. The van der Waals surface area contributed by atoms with E-state index in [1.807, 2.05) is 13.8 Å². The van der Waals surface area contributed by atoms with Crippen molar-refractivity contribution in [2.45, 2.75) is 20.4 Å². The first-order chi connectivity index (χ1) is 8.36. The van der Waals surface area contributed by atoms with Crippen LogP contribution in [0.2, 0.25) is 0 Å². The fourth-order valence-corrected chi connectivity index (χ4v) is 1.62. The molecule has 18 heavy (non-hydrogen) atoms. The van der Waals surface area contributed by atoms with Crippen LogP contribution in [-0.4, -0.2) is 29.7 Å². The topological polar surface area (TPSA) is 81.6 Å². The van der Waals surface area contributed by atoms with Crippen LogP contribution in [0.4, 0.5) is 0 Å². The molecule has 5 nitrogen and oxygen atoms in total. The second kappa shape index (κ2) is 5.73. The van der Waals surface area contributed by atoms with Gasteiger partial charge in [-0.2, -0.15) is 0 Å². The Morgan fingerprint density at radius 3 is 2.50 bits per heavy atom. The molecule has 0 saturated heterocycles. The normalized spacial score (nSPS) is 11.3. The summed E-state index contributed by atoms with van der Waals surface area (Å²) in [4.78, 5) is 11.6. The Balaban J connectivity index is 2.51. The van der Waals surface area contributed by atoms with Gasteiger partial charge in [0.2, 0.25) is 5.91 Å². The van der Waals surface area contributed by atoms with Gasteiger partial charge >= 0.3 is 0 Å². The van der Waals surface area contributed by atoms with Crippen LogP contribution in [0.3, 0.4) is 0 Å². The molecule has 0 fully saturated rings. The summed E-state index contributed by atoms with van der Waals surface area (Å²) in [5.74, 6) is -0.298. The smallest absolute Gasteiger partial charge is 0.226 e. The molecule has 0 aliphatic carbocycles. The number of hydrogen-bond acceptors (Lipinski definition) is 4. The minimum absolute atomic E-state index is 0.0245. The SMILES string of the molecule is CNC(=O)C(C)(C)CNCc1ccc(O)c(O)c1. The van der Waals surface area contributed by atoms with E-state index in [9.17, 15) is 15.0 Å². The maximum atomic E-state index is 11.6. The van der Waals surface area contributed by atoms with Crippen LogP contribution >= 0.6 is 0 Å². The highest BCUT2D eigenvalue weighted by atomic mass is 16.3. The van der Waals surface area contributed by atoms with Crippen LogP contribution in [0.1, 0.15) is 19.4 Å². The summed E-state index contributed by atoms with van der Waals surface area (Å²) >= 11 is 0. The molecule has 0 aromatic heterocycles. The number of amides is 1. The average Bonchev–Trinajstić information content (AvgIpc) is 2.32. The molecule has 5 heteroatoms. The molecule has 0 aliphatic heterocycles. The number of phenols is 2. The number of phenolic OH excluding ortho intramolecular Hbond substituents is 2. The molecule has 0 unspecified atom stereocenters. The Morgan fingerprint density at radius 2 is 1.94 bits per heavy atom. The van der Waals surface area contributed by atoms with E-state index in [0.29, 0.717) is 13.1 Å². The quantitative estimate of drug-likeness (QED) is 0.588. The highest BCUT2D eigenvalue weighted by molar-refractivity contribution is 5.81. The molecule has 0 radical (unpaired) electrons. The molecule has 4 N–H and O–H groups in total. The summed E-state index contributed by atoms with van der Waals surface area (Å²) in [6.45, 7) is 4.75. The zero-order valence-corrected chi connectivity index (χ0v) is 10.9. The maximum Gasteiger partial charge on any atom is 0.226 e. The third kappa shape index (κ3) is 3.63. The molecule has 1 amide bonds. The molecular weight excluding hydrogens is 232 g/mol. The summed E-state index contributed by atoms with van der Waals surface area (Å²) in [7, 11) is 1.61. The molecule has 0 saturated carbocycles. The van der Waals surface area contributed by atoms with E-state index in [1.165, 1.54) is 12.1 Å². The Hall–Kier alpha value is -1.75. The van der Waals surface area contributed by atoms with Crippen LogP contribution in [0.15, 0.2) is 18.2 Å². The fourth-order valence-electron chi connectivity index (χ4n) is 1.62. The van der Waals surface area contributed by atoms with Gasteiger partial charge in [-0.3, -0.25) is 4.79 Å². The van der Waals surface area contributed by atoms with Gasteiger partial charge in [0.1, 0.15) is 0 Å². The summed E-state index contributed by atoms with van der Waals surface area (Å²) in [5, 5.41) is 24.3. The molecule has 1 rings (SSSR count). The molecule has 0 spiro atoms. The minimum Gasteiger partial charge on any atom is -0.504 e. The third-order valence-corrected chi connectivity index (χ3v) is 2.78. The molecular formula is C13H20N2O3. The Bertz CT molecular complexity index is 430. The van der Waals surface area contributed by atoms with Crippen LogP contribution in [0.5, 0.6) is 11.5 Å². The van der Waals surface area contributed by atoms with E-state index in [1.54, 1.807) is 13.1 Å². The minimum atomic E-state index is -0.492. The van der Waals surface area contributed by atoms with Gasteiger partial charge in [0.05, 0.1) is 5.41 Å². The first-order valence-corrected chi connectivity index (χ1v) is 5.80.